The Balaban J connectivity index is 1.77. The van der Waals surface area contributed by atoms with Crippen molar-refractivity contribution in [1.82, 2.24) is 0 Å². The van der Waals surface area contributed by atoms with Crippen LogP contribution in [0.2, 0.25) is 0 Å². The van der Waals surface area contributed by atoms with Crippen LogP contribution in [-0.4, -0.2) is 0 Å². The Morgan fingerprint density at radius 3 is 1.79 bits per heavy atom. The molecule has 0 heteroatoms. The van der Waals surface area contributed by atoms with Crippen LogP contribution in [-0.2, 0) is 0 Å². The zero-order valence-corrected chi connectivity index (χ0v) is 8.34. The summed E-state index contributed by atoms with van der Waals surface area (Å²) in [5.41, 5.74) is 0. The summed E-state index contributed by atoms with van der Waals surface area (Å²) in [5.74, 6) is 8.33. The fourth-order valence-corrected chi connectivity index (χ4v) is 5.95. The van der Waals surface area contributed by atoms with Gasteiger partial charge >= 0.3 is 0 Å². The Labute approximate surface area is 85.1 Å². The highest BCUT2D eigenvalue weighted by Gasteiger charge is 2.65. The first kappa shape index (κ1) is 6.87. The first-order chi connectivity index (χ1) is 6.93. The molecule has 0 nitrogen and oxygen atoms in total. The van der Waals surface area contributed by atoms with E-state index in [-0.39, 0.29) is 0 Å². The van der Waals surface area contributed by atoms with Crippen LogP contribution in [0.5, 0.6) is 0 Å². The summed E-state index contributed by atoms with van der Waals surface area (Å²) < 4.78 is 0. The molecule has 5 aliphatic rings. The van der Waals surface area contributed by atoms with Gasteiger partial charge in [0.25, 0.3) is 0 Å². The first-order valence-corrected chi connectivity index (χ1v) is 6.30. The average molecular weight is 184 g/mol. The van der Waals surface area contributed by atoms with Crippen LogP contribution < -0.4 is 0 Å². The first-order valence-electron chi connectivity index (χ1n) is 6.30. The lowest BCUT2D eigenvalue weighted by Crippen LogP contribution is -2.13. The Kier molecular flexibility index (Phi) is 0.929. The van der Waals surface area contributed by atoms with Crippen molar-refractivity contribution >= 4 is 0 Å². The van der Waals surface area contributed by atoms with Crippen LogP contribution in [0.4, 0.5) is 0 Å². The van der Waals surface area contributed by atoms with Gasteiger partial charge in [-0.05, 0) is 60.2 Å². The molecular weight excluding hydrogens is 168 g/mol. The van der Waals surface area contributed by atoms with Crippen molar-refractivity contribution < 1.29 is 0 Å². The second-order valence-electron chi connectivity index (χ2n) is 6.22. The van der Waals surface area contributed by atoms with Gasteiger partial charge in [0.2, 0.25) is 0 Å². The van der Waals surface area contributed by atoms with Gasteiger partial charge in [0, 0.05) is 0 Å². The maximum Gasteiger partial charge on any atom is -0.0131 e. The Morgan fingerprint density at radius 1 is 0.643 bits per heavy atom. The predicted molar refractivity (Wildman–Crippen MR) is 55.4 cm³/mol. The van der Waals surface area contributed by atoms with E-state index < -0.39 is 0 Å². The van der Waals surface area contributed by atoms with Gasteiger partial charge in [0.05, 0.1) is 0 Å². The average Bonchev–Trinajstić information content (AvgIpc) is 2.77. The van der Waals surface area contributed by atoms with Crippen LogP contribution >= 0.6 is 0 Å². The van der Waals surface area contributed by atoms with Crippen LogP contribution in [0.15, 0.2) is 24.3 Å². The van der Waals surface area contributed by atoms with Crippen molar-refractivity contribution in [2.24, 2.45) is 47.3 Å². The van der Waals surface area contributed by atoms with E-state index in [1.807, 2.05) is 0 Å². The van der Waals surface area contributed by atoms with Gasteiger partial charge in [-0.1, -0.05) is 24.3 Å². The molecule has 5 rings (SSSR count). The number of hydrogen-bond acceptors (Lipinski definition) is 0. The second-order valence-corrected chi connectivity index (χ2v) is 6.22. The molecule has 0 N–H and O–H groups in total. The molecule has 0 amide bonds. The Morgan fingerprint density at radius 2 is 1.21 bits per heavy atom. The van der Waals surface area contributed by atoms with E-state index in [4.69, 9.17) is 0 Å². The highest BCUT2D eigenvalue weighted by Crippen LogP contribution is 2.70. The minimum absolute atomic E-state index is 0.960. The lowest BCUT2D eigenvalue weighted by atomic mass is 9.88. The fraction of sp³-hybridized carbons (Fsp3) is 0.714. The van der Waals surface area contributed by atoms with Gasteiger partial charge in [0.15, 0.2) is 0 Å². The molecule has 5 aliphatic carbocycles. The molecule has 8 atom stereocenters. The summed E-state index contributed by atoms with van der Waals surface area (Å²) in [4.78, 5) is 0. The van der Waals surface area contributed by atoms with Gasteiger partial charge in [-0.15, -0.1) is 0 Å². The molecular formula is C14H16. The van der Waals surface area contributed by atoms with Crippen LogP contribution in [0.3, 0.4) is 0 Å². The molecule has 0 aromatic carbocycles. The summed E-state index contributed by atoms with van der Waals surface area (Å²) in [6, 6.07) is 0. The molecule has 0 aliphatic heterocycles. The summed E-state index contributed by atoms with van der Waals surface area (Å²) in [6.45, 7) is 0. The zero-order chi connectivity index (χ0) is 8.86. The normalized spacial score (nSPS) is 69.7. The highest BCUT2D eigenvalue weighted by molar-refractivity contribution is 5.29. The van der Waals surface area contributed by atoms with E-state index in [2.05, 4.69) is 24.3 Å². The van der Waals surface area contributed by atoms with Crippen molar-refractivity contribution in [3.63, 3.8) is 0 Å². The summed E-state index contributed by atoms with van der Waals surface area (Å²) >= 11 is 0. The van der Waals surface area contributed by atoms with Crippen LogP contribution in [0.1, 0.15) is 12.8 Å². The predicted octanol–water partition coefficient (Wildman–Crippen LogP) is 2.88. The molecule has 0 spiro atoms. The molecule has 0 radical (unpaired) electrons. The molecule has 3 saturated carbocycles. The third kappa shape index (κ3) is 0.515. The molecule has 3 fully saturated rings. The van der Waals surface area contributed by atoms with Crippen molar-refractivity contribution in [1.29, 1.82) is 0 Å². The minimum atomic E-state index is 0.960. The van der Waals surface area contributed by atoms with Crippen molar-refractivity contribution in [2.45, 2.75) is 12.8 Å². The molecule has 14 heavy (non-hydrogen) atoms. The zero-order valence-electron chi connectivity index (χ0n) is 8.34. The minimum Gasteiger partial charge on any atom is -0.0848 e. The van der Waals surface area contributed by atoms with E-state index >= 15 is 0 Å². The smallest absolute Gasteiger partial charge is 0.0131 e. The van der Waals surface area contributed by atoms with Gasteiger partial charge in [-0.2, -0.15) is 0 Å². The number of allylic oxidation sites excluding steroid dienone is 4. The van der Waals surface area contributed by atoms with E-state index in [1.54, 1.807) is 0 Å². The monoisotopic (exact) mass is 184 g/mol. The highest BCUT2D eigenvalue weighted by atomic mass is 14.7. The van der Waals surface area contributed by atoms with E-state index in [9.17, 15) is 0 Å². The number of hydrogen-bond donors (Lipinski definition) is 0. The van der Waals surface area contributed by atoms with Gasteiger partial charge in [0.1, 0.15) is 0 Å². The van der Waals surface area contributed by atoms with Gasteiger partial charge in [-0.3, -0.25) is 0 Å². The van der Waals surface area contributed by atoms with E-state index in [1.165, 1.54) is 12.8 Å². The van der Waals surface area contributed by atoms with Crippen LogP contribution in [0, 0.1) is 47.3 Å². The van der Waals surface area contributed by atoms with Crippen LogP contribution in [0.25, 0.3) is 0 Å². The standard InChI is InChI=1S/C14H16/c1-3-10-11-4-2-8-6-9-5-7(1)12(10)14(9)13(8)11/h1-4,7-14H,5-6H2/t7-,8+,9?,10+,11-,12+,13-,14?. The van der Waals surface area contributed by atoms with Gasteiger partial charge < -0.3 is 0 Å². The molecule has 72 valence electrons. The van der Waals surface area contributed by atoms with Crippen molar-refractivity contribution in [2.75, 3.05) is 0 Å². The largest absolute Gasteiger partial charge is 0.0848 e. The molecule has 0 aromatic rings. The second kappa shape index (κ2) is 1.89. The SMILES string of the molecule is C1=C[C@H]2CC3C[C@H]4C=C[C@H]5[C@@H]1[C@@H]2C3[C@H]54. The molecule has 2 unspecified atom stereocenters. The Hall–Kier alpha value is -0.520. The number of fused-ring (bicyclic) bond motifs is 1. The van der Waals surface area contributed by atoms with Crippen molar-refractivity contribution in [3.8, 4) is 0 Å². The summed E-state index contributed by atoms with van der Waals surface area (Å²) in [6.07, 6.45) is 13.3. The number of rotatable bonds is 0. The molecule has 0 heterocycles. The van der Waals surface area contributed by atoms with E-state index in [0.717, 1.165) is 47.3 Å². The third-order valence-electron chi connectivity index (χ3n) is 6.07. The molecule has 0 bridgehead atoms. The lowest BCUT2D eigenvalue weighted by molar-refractivity contribution is 0.321. The summed E-state index contributed by atoms with van der Waals surface area (Å²) in [7, 11) is 0. The summed E-state index contributed by atoms with van der Waals surface area (Å²) in [5, 5.41) is 0. The Bertz CT molecular complexity index is 330. The molecule has 0 aromatic heterocycles. The maximum absolute atomic E-state index is 2.57. The van der Waals surface area contributed by atoms with Crippen molar-refractivity contribution in [3.05, 3.63) is 24.3 Å². The van der Waals surface area contributed by atoms with E-state index in [0.29, 0.717) is 0 Å². The maximum atomic E-state index is 2.57. The quantitative estimate of drug-likeness (QED) is 0.508. The third-order valence-corrected chi connectivity index (χ3v) is 6.07. The lowest BCUT2D eigenvalue weighted by Gasteiger charge is -2.16. The molecule has 0 saturated heterocycles. The topological polar surface area (TPSA) is 0 Å². The van der Waals surface area contributed by atoms with Gasteiger partial charge in [-0.25, -0.2) is 0 Å². The fourth-order valence-electron chi connectivity index (χ4n) is 5.95.